The van der Waals surface area contributed by atoms with Gasteiger partial charge in [-0.25, -0.2) is 0 Å². The monoisotopic (exact) mass is 309 g/mol. The van der Waals surface area contributed by atoms with Gasteiger partial charge in [-0.3, -0.25) is 0 Å². The molecule has 0 spiro atoms. The quantitative estimate of drug-likeness (QED) is 0.617. The zero-order valence-corrected chi connectivity index (χ0v) is 11.8. The van der Waals surface area contributed by atoms with Gasteiger partial charge in [-0.15, -0.1) is 11.6 Å². The molecule has 20 heavy (non-hydrogen) atoms. The molecule has 0 radical (unpaired) electrons. The van der Waals surface area contributed by atoms with Crippen LogP contribution in [0.25, 0.3) is 0 Å². The van der Waals surface area contributed by atoms with E-state index >= 15 is 0 Å². The standard InChI is InChI=1S/C12H15ClF3N3O/c1-10(13)7-9(19-5-3-4-17)11(20-2,6-8(10)18)12(14,15)16/h6-7,19H,3,5,18H2,1-2H3. The maximum absolute atomic E-state index is 13.4. The Morgan fingerprint density at radius 3 is 2.55 bits per heavy atom. The second-order valence-electron chi connectivity index (χ2n) is 4.51. The molecule has 0 aliphatic heterocycles. The van der Waals surface area contributed by atoms with Gasteiger partial charge in [0.15, 0.2) is 0 Å². The maximum Gasteiger partial charge on any atom is 0.426 e. The van der Waals surface area contributed by atoms with E-state index in [-0.39, 0.29) is 24.4 Å². The number of nitrogens with two attached hydrogens (primary N) is 1. The molecule has 0 aromatic heterocycles. The summed E-state index contributed by atoms with van der Waals surface area (Å²) < 4.78 is 44.8. The first-order chi connectivity index (χ1) is 9.10. The smallest absolute Gasteiger partial charge is 0.400 e. The van der Waals surface area contributed by atoms with Gasteiger partial charge in [-0.05, 0) is 19.1 Å². The Labute approximate surface area is 120 Å². The van der Waals surface area contributed by atoms with Gasteiger partial charge in [0, 0.05) is 19.4 Å². The van der Waals surface area contributed by atoms with Crippen LogP contribution in [0.2, 0.25) is 0 Å². The Bertz CT molecular complexity index is 479. The Hall–Kier alpha value is -1.39. The van der Waals surface area contributed by atoms with Gasteiger partial charge in [0.25, 0.3) is 0 Å². The van der Waals surface area contributed by atoms with Crippen molar-refractivity contribution in [2.45, 2.75) is 30.0 Å². The normalized spacial score (nSPS) is 30.2. The second kappa shape index (κ2) is 5.54. The van der Waals surface area contributed by atoms with Crippen LogP contribution in [-0.4, -0.2) is 30.3 Å². The number of nitrogens with one attached hydrogen (secondary N) is 1. The summed E-state index contributed by atoms with van der Waals surface area (Å²) in [7, 11) is 0.938. The number of halogens is 4. The number of hydrogen-bond acceptors (Lipinski definition) is 4. The van der Waals surface area contributed by atoms with E-state index in [0.29, 0.717) is 0 Å². The van der Waals surface area contributed by atoms with Crippen molar-refractivity contribution >= 4 is 11.6 Å². The van der Waals surface area contributed by atoms with Crippen LogP contribution in [0.5, 0.6) is 0 Å². The highest BCUT2D eigenvalue weighted by atomic mass is 35.5. The molecule has 0 aromatic carbocycles. The molecule has 3 N–H and O–H groups in total. The largest absolute Gasteiger partial charge is 0.426 e. The van der Waals surface area contributed by atoms with Gasteiger partial charge in [0.1, 0.15) is 4.87 Å². The summed E-state index contributed by atoms with van der Waals surface area (Å²) in [6, 6.07) is 1.84. The fourth-order valence-corrected chi connectivity index (χ4v) is 2.02. The summed E-state index contributed by atoms with van der Waals surface area (Å²) in [5, 5.41) is 11.0. The molecule has 2 atom stereocenters. The first kappa shape index (κ1) is 16.7. The Morgan fingerprint density at radius 1 is 1.50 bits per heavy atom. The van der Waals surface area contributed by atoms with Gasteiger partial charge in [-0.1, -0.05) is 0 Å². The summed E-state index contributed by atoms with van der Waals surface area (Å²) >= 11 is 6.07. The van der Waals surface area contributed by atoms with Crippen molar-refractivity contribution < 1.29 is 17.9 Å². The molecule has 0 amide bonds. The van der Waals surface area contributed by atoms with Crippen LogP contribution in [0, 0.1) is 11.3 Å². The van der Waals surface area contributed by atoms with Crippen molar-refractivity contribution in [3.8, 4) is 6.07 Å². The highest BCUT2D eigenvalue weighted by molar-refractivity contribution is 6.27. The minimum atomic E-state index is -4.72. The molecule has 0 saturated heterocycles. The molecule has 0 aromatic rings. The predicted molar refractivity (Wildman–Crippen MR) is 68.6 cm³/mol. The molecule has 0 fully saturated rings. The van der Waals surface area contributed by atoms with Crippen molar-refractivity contribution in [3.05, 3.63) is 23.5 Å². The molecule has 8 heteroatoms. The van der Waals surface area contributed by atoms with E-state index in [4.69, 9.17) is 27.3 Å². The number of methoxy groups -OCH3 is 1. The van der Waals surface area contributed by atoms with Gasteiger partial charge in [-0.2, -0.15) is 18.4 Å². The molecule has 1 aliphatic rings. The number of ether oxygens (including phenoxy) is 1. The fraction of sp³-hybridized carbons (Fsp3) is 0.583. The summed E-state index contributed by atoms with van der Waals surface area (Å²) in [6.07, 6.45) is -2.74. The van der Waals surface area contributed by atoms with Crippen LogP contribution in [-0.2, 0) is 4.74 Å². The number of nitrogens with zero attached hydrogens (tertiary/aromatic N) is 1. The lowest BCUT2D eigenvalue weighted by Crippen LogP contribution is -2.54. The molecular formula is C12H15ClF3N3O. The molecule has 0 saturated carbocycles. The highest BCUT2D eigenvalue weighted by Gasteiger charge is 2.59. The molecule has 1 aliphatic carbocycles. The number of nitriles is 1. The molecule has 0 heterocycles. The highest BCUT2D eigenvalue weighted by Crippen LogP contribution is 2.45. The summed E-state index contributed by atoms with van der Waals surface area (Å²) in [5.74, 6) is 0. The summed E-state index contributed by atoms with van der Waals surface area (Å²) in [6.45, 7) is 1.52. The van der Waals surface area contributed by atoms with E-state index in [1.165, 1.54) is 6.92 Å². The van der Waals surface area contributed by atoms with E-state index in [9.17, 15) is 13.2 Å². The van der Waals surface area contributed by atoms with Crippen LogP contribution >= 0.6 is 11.6 Å². The predicted octanol–water partition coefficient (Wildman–Crippen LogP) is 2.17. The average Bonchev–Trinajstić information content (AvgIpc) is 2.32. The van der Waals surface area contributed by atoms with Crippen molar-refractivity contribution in [1.29, 1.82) is 5.26 Å². The lowest BCUT2D eigenvalue weighted by molar-refractivity contribution is -0.236. The van der Waals surface area contributed by atoms with E-state index in [0.717, 1.165) is 19.3 Å². The minimum absolute atomic E-state index is 0.0459. The van der Waals surface area contributed by atoms with Crippen LogP contribution in [0.3, 0.4) is 0 Å². The van der Waals surface area contributed by atoms with Crippen molar-refractivity contribution in [2.75, 3.05) is 13.7 Å². The first-order valence-electron chi connectivity index (χ1n) is 5.74. The average molecular weight is 310 g/mol. The Morgan fingerprint density at radius 2 is 2.10 bits per heavy atom. The number of allylic oxidation sites excluding steroid dienone is 1. The zero-order valence-electron chi connectivity index (χ0n) is 11.0. The Kier molecular flexibility index (Phi) is 4.62. The van der Waals surface area contributed by atoms with Crippen molar-refractivity contribution in [3.63, 3.8) is 0 Å². The number of rotatable bonds is 4. The van der Waals surface area contributed by atoms with E-state index in [1.54, 1.807) is 0 Å². The maximum atomic E-state index is 13.4. The third-order valence-electron chi connectivity index (χ3n) is 3.03. The number of hydrogen-bond donors (Lipinski definition) is 2. The van der Waals surface area contributed by atoms with Crippen LogP contribution in [0.15, 0.2) is 23.5 Å². The Balaban J connectivity index is 3.27. The third-order valence-corrected chi connectivity index (χ3v) is 3.36. The second-order valence-corrected chi connectivity index (χ2v) is 5.29. The number of alkyl halides is 4. The summed E-state index contributed by atoms with van der Waals surface area (Å²) in [5.41, 5.74) is 2.50. The van der Waals surface area contributed by atoms with E-state index in [2.05, 4.69) is 5.32 Å². The molecule has 4 nitrogen and oxygen atoms in total. The lowest BCUT2D eigenvalue weighted by atomic mass is 9.86. The SMILES string of the molecule is COC1(C(F)(F)F)C=C(N)C(C)(Cl)C=C1NCCC#N. The van der Waals surface area contributed by atoms with E-state index < -0.39 is 16.7 Å². The molecule has 0 bridgehead atoms. The molecular weight excluding hydrogens is 295 g/mol. The molecule has 112 valence electrons. The molecule has 2 unspecified atom stereocenters. The van der Waals surface area contributed by atoms with Crippen LogP contribution in [0.1, 0.15) is 13.3 Å². The van der Waals surface area contributed by atoms with Gasteiger partial charge in [0.05, 0.1) is 18.2 Å². The first-order valence-corrected chi connectivity index (χ1v) is 6.12. The minimum Gasteiger partial charge on any atom is -0.400 e. The van der Waals surface area contributed by atoms with Crippen molar-refractivity contribution in [2.24, 2.45) is 5.73 Å². The third kappa shape index (κ3) is 2.86. The van der Waals surface area contributed by atoms with Gasteiger partial charge >= 0.3 is 6.18 Å². The van der Waals surface area contributed by atoms with Gasteiger partial charge in [0.2, 0.25) is 5.60 Å². The van der Waals surface area contributed by atoms with Gasteiger partial charge < -0.3 is 15.8 Å². The van der Waals surface area contributed by atoms with Crippen LogP contribution < -0.4 is 11.1 Å². The topological polar surface area (TPSA) is 71.1 Å². The lowest BCUT2D eigenvalue weighted by Gasteiger charge is -2.40. The molecule has 1 rings (SSSR count). The van der Waals surface area contributed by atoms with Crippen molar-refractivity contribution in [1.82, 2.24) is 5.32 Å². The zero-order chi connectivity index (χ0) is 15.6. The fourth-order valence-electron chi connectivity index (χ4n) is 1.85. The van der Waals surface area contributed by atoms with Crippen LogP contribution in [0.4, 0.5) is 13.2 Å². The summed E-state index contributed by atoms with van der Waals surface area (Å²) in [4.78, 5) is -1.25. The van der Waals surface area contributed by atoms with E-state index in [1.807, 2.05) is 6.07 Å².